The molecule has 0 spiro atoms. The second kappa shape index (κ2) is 7.21. The van der Waals surface area contributed by atoms with Gasteiger partial charge in [-0.15, -0.1) is 5.10 Å². The predicted octanol–water partition coefficient (Wildman–Crippen LogP) is 2.72. The average molecular weight is 352 g/mol. The molecule has 1 saturated carbocycles. The molecule has 1 aliphatic carbocycles. The SMILES string of the molecule is O=C(CC1CC(Cn2cc(CO)nn2)C1)c1cc(-c2ccccc2)no1. The molecule has 4 rings (SSSR count). The third kappa shape index (κ3) is 3.57. The number of aliphatic hydroxyl groups excluding tert-OH is 1. The van der Waals surface area contributed by atoms with Crippen LogP contribution in [0.4, 0.5) is 0 Å². The molecule has 1 N–H and O–H groups in total. The first kappa shape index (κ1) is 16.7. The molecule has 0 atom stereocenters. The second-order valence-corrected chi connectivity index (χ2v) is 6.86. The minimum Gasteiger partial charge on any atom is -0.390 e. The van der Waals surface area contributed by atoms with Crippen LogP contribution in [0.2, 0.25) is 0 Å². The van der Waals surface area contributed by atoms with E-state index in [2.05, 4.69) is 15.5 Å². The average Bonchev–Trinajstić information content (AvgIpc) is 3.30. The third-order valence-corrected chi connectivity index (χ3v) is 4.86. The Morgan fingerprint density at radius 2 is 2.04 bits per heavy atom. The smallest absolute Gasteiger partial charge is 0.203 e. The summed E-state index contributed by atoms with van der Waals surface area (Å²) in [6, 6.07) is 11.4. The summed E-state index contributed by atoms with van der Waals surface area (Å²) in [5, 5.41) is 20.9. The Morgan fingerprint density at radius 3 is 2.77 bits per heavy atom. The van der Waals surface area contributed by atoms with Crippen molar-refractivity contribution < 1.29 is 14.4 Å². The molecule has 0 amide bonds. The Bertz CT molecular complexity index is 881. The molecule has 134 valence electrons. The predicted molar refractivity (Wildman–Crippen MR) is 93.0 cm³/mol. The van der Waals surface area contributed by atoms with E-state index in [1.54, 1.807) is 16.9 Å². The molecule has 0 radical (unpaired) electrons. The lowest BCUT2D eigenvalue weighted by Gasteiger charge is -2.34. The number of Topliss-reactive ketones (excluding diaryl/α,β-unsaturated/α-hetero) is 1. The van der Waals surface area contributed by atoms with Crippen molar-refractivity contribution in [3.05, 3.63) is 54.0 Å². The van der Waals surface area contributed by atoms with Crippen LogP contribution in [0.15, 0.2) is 47.1 Å². The van der Waals surface area contributed by atoms with E-state index < -0.39 is 0 Å². The first-order valence-corrected chi connectivity index (χ1v) is 8.76. The number of ketones is 1. The molecule has 3 aromatic rings. The number of carbonyl (C=O) groups is 1. The Morgan fingerprint density at radius 1 is 1.23 bits per heavy atom. The first-order chi connectivity index (χ1) is 12.7. The third-order valence-electron chi connectivity index (χ3n) is 4.86. The zero-order valence-corrected chi connectivity index (χ0v) is 14.3. The quantitative estimate of drug-likeness (QED) is 0.657. The topological polar surface area (TPSA) is 94.0 Å². The highest BCUT2D eigenvalue weighted by atomic mass is 16.5. The monoisotopic (exact) mass is 352 g/mol. The standard InChI is InChI=1S/C19H20N4O3/c24-12-16-11-23(22-20-16)10-14-6-13(7-14)8-18(25)19-9-17(21-26-19)15-4-2-1-3-5-15/h1-5,9,11,13-14,24H,6-8,10,12H2. The Labute approximate surface area is 150 Å². The van der Waals surface area contributed by atoms with E-state index in [0.717, 1.165) is 24.9 Å². The fourth-order valence-electron chi connectivity index (χ4n) is 3.47. The van der Waals surface area contributed by atoms with Crippen LogP contribution in [0.25, 0.3) is 11.3 Å². The van der Waals surface area contributed by atoms with E-state index in [9.17, 15) is 4.79 Å². The van der Waals surface area contributed by atoms with Gasteiger partial charge in [-0.3, -0.25) is 9.48 Å². The Hall–Kier alpha value is -2.80. The van der Waals surface area contributed by atoms with Gasteiger partial charge in [0.15, 0.2) is 0 Å². The fraction of sp³-hybridized carbons (Fsp3) is 0.368. The molecule has 0 bridgehead atoms. The van der Waals surface area contributed by atoms with Gasteiger partial charge in [-0.2, -0.15) is 0 Å². The molecule has 7 heteroatoms. The van der Waals surface area contributed by atoms with E-state index in [0.29, 0.717) is 35.4 Å². The number of hydrogen-bond acceptors (Lipinski definition) is 6. The maximum atomic E-state index is 12.4. The van der Waals surface area contributed by atoms with Crippen LogP contribution in [0, 0.1) is 11.8 Å². The van der Waals surface area contributed by atoms with Crippen molar-refractivity contribution in [1.29, 1.82) is 0 Å². The van der Waals surface area contributed by atoms with Gasteiger partial charge in [-0.1, -0.05) is 40.7 Å². The number of benzene rings is 1. The summed E-state index contributed by atoms with van der Waals surface area (Å²) in [4.78, 5) is 12.4. The number of rotatable bonds is 7. The molecule has 1 aromatic carbocycles. The van der Waals surface area contributed by atoms with Gasteiger partial charge in [-0.25, -0.2) is 0 Å². The Kier molecular flexibility index (Phi) is 4.62. The summed E-state index contributed by atoms with van der Waals surface area (Å²) >= 11 is 0. The van der Waals surface area contributed by atoms with E-state index in [4.69, 9.17) is 9.63 Å². The number of aliphatic hydroxyl groups is 1. The number of nitrogens with zero attached hydrogens (tertiary/aromatic N) is 4. The van der Waals surface area contributed by atoms with Gasteiger partial charge in [0.05, 0.1) is 12.8 Å². The van der Waals surface area contributed by atoms with Gasteiger partial charge in [0, 0.05) is 24.6 Å². The molecule has 2 heterocycles. The van der Waals surface area contributed by atoms with E-state index >= 15 is 0 Å². The highest BCUT2D eigenvalue weighted by Crippen LogP contribution is 2.38. The molecule has 2 aromatic heterocycles. The lowest BCUT2D eigenvalue weighted by Crippen LogP contribution is -2.29. The van der Waals surface area contributed by atoms with Crippen molar-refractivity contribution in [1.82, 2.24) is 20.2 Å². The molecule has 1 fully saturated rings. The van der Waals surface area contributed by atoms with Crippen LogP contribution in [-0.2, 0) is 13.2 Å². The van der Waals surface area contributed by atoms with Crippen molar-refractivity contribution in [2.75, 3.05) is 0 Å². The minimum absolute atomic E-state index is 0.00598. The molecule has 0 aliphatic heterocycles. The fourth-order valence-corrected chi connectivity index (χ4v) is 3.47. The second-order valence-electron chi connectivity index (χ2n) is 6.86. The number of hydrogen-bond donors (Lipinski definition) is 1. The molecule has 0 saturated heterocycles. The van der Waals surface area contributed by atoms with Gasteiger partial charge in [-0.05, 0) is 24.7 Å². The van der Waals surface area contributed by atoms with Crippen LogP contribution >= 0.6 is 0 Å². The zero-order chi connectivity index (χ0) is 17.9. The van der Waals surface area contributed by atoms with Crippen molar-refractivity contribution in [2.45, 2.75) is 32.4 Å². The van der Waals surface area contributed by atoms with Crippen molar-refractivity contribution in [3.8, 4) is 11.3 Å². The highest BCUT2D eigenvalue weighted by molar-refractivity contribution is 5.94. The molecule has 26 heavy (non-hydrogen) atoms. The summed E-state index contributed by atoms with van der Waals surface area (Å²) < 4.78 is 7.00. The zero-order valence-electron chi connectivity index (χ0n) is 14.3. The van der Waals surface area contributed by atoms with Crippen LogP contribution < -0.4 is 0 Å². The van der Waals surface area contributed by atoms with Crippen LogP contribution in [0.5, 0.6) is 0 Å². The van der Waals surface area contributed by atoms with E-state index in [1.165, 1.54) is 0 Å². The molecule has 7 nitrogen and oxygen atoms in total. The van der Waals surface area contributed by atoms with Crippen LogP contribution in [-0.4, -0.2) is 31.0 Å². The van der Waals surface area contributed by atoms with Gasteiger partial charge in [0.25, 0.3) is 0 Å². The molecular weight excluding hydrogens is 332 g/mol. The van der Waals surface area contributed by atoms with E-state index in [-0.39, 0.29) is 12.4 Å². The molecule has 0 unspecified atom stereocenters. The number of carbonyl (C=O) groups excluding carboxylic acids is 1. The molecular formula is C19H20N4O3. The summed E-state index contributed by atoms with van der Waals surface area (Å²) in [7, 11) is 0. The van der Waals surface area contributed by atoms with Gasteiger partial charge in [0.1, 0.15) is 11.4 Å². The van der Waals surface area contributed by atoms with Crippen molar-refractivity contribution >= 4 is 5.78 Å². The first-order valence-electron chi connectivity index (χ1n) is 8.76. The minimum atomic E-state index is -0.0933. The van der Waals surface area contributed by atoms with E-state index in [1.807, 2.05) is 30.3 Å². The van der Waals surface area contributed by atoms with Gasteiger partial charge < -0.3 is 9.63 Å². The van der Waals surface area contributed by atoms with Crippen LogP contribution in [0.1, 0.15) is 35.5 Å². The van der Waals surface area contributed by atoms with Crippen molar-refractivity contribution in [2.24, 2.45) is 11.8 Å². The largest absolute Gasteiger partial charge is 0.390 e. The number of aromatic nitrogens is 4. The van der Waals surface area contributed by atoms with Gasteiger partial charge in [0.2, 0.25) is 11.5 Å². The summed E-state index contributed by atoms with van der Waals surface area (Å²) in [5.41, 5.74) is 2.20. The lowest BCUT2D eigenvalue weighted by molar-refractivity contribution is 0.0841. The van der Waals surface area contributed by atoms with Crippen molar-refractivity contribution in [3.63, 3.8) is 0 Å². The summed E-state index contributed by atoms with van der Waals surface area (Å²) in [6.07, 6.45) is 4.22. The van der Waals surface area contributed by atoms with Crippen LogP contribution in [0.3, 0.4) is 0 Å². The maximum Gasteiger partial charge on any atom is 0.203 e. The maximum absolute atomic E-state index is 12.4. The Balaban J connectivity index is 1.28. The lowest BCUT2D eigenvalue weighted by atomic mass is 9.72. The van der Waals surface area contributed by atoms with Gasteiger partial charge >= 0.3 is 0 Å². The summed E-state index contributed by atoms with van der Waals surface area (Å²) in [5.74, 6) is 1.21. The highest BCUT2D eigenvalue weighted by Gasteiger charge is 2.32. The summed E-state index contributed by atoms with van der Waals surface area (Å²) in [6.45, 7) is 0.683. The molecule has 1 aliphatic rings. The normalized spacial score (nSPS) is 19.3.